The molecule has 1 aliphatic rings. The number of rotatable bonds is 6. The first-order chi connectivity index (χ1) is 14.6. The molecule has 1 N–H and O–H groups in total. The van der Waals surface area contributed by atoms with Crippen LogP contribution in [-0.2, 0) is 16.1 Å². The Kier molecular flexibility index (Phi) is 5.85. The second-order valence-electron chi connectivity index (χ2n) is 6.51. The van der Waals surface area contributed by atoms with E-state index in [1.807, 2.05) is 17.5 Å². The minimum atomic E-state index is -0.637. The van der Waals surface area contributed by atoms with E-state index in [1.54, 1.807) is 23.1 Å². The summed E-state index contributed by atoms with van der Waals surface area (Å²) in [4.78, 5) is 27.7. The summed E-state index contributed by atoms with van der Waals surface area (Å²) in [7, 11) is 0. The van der Waals surface area contributed by atoms with Crippen molar-refractivity contribution in [2.45, 2.75) is 6.54 Å². The molecule has 4 rings (SSSR count). The summed E-state index contributed by atoms with van der Waals surface area (Å²) in [6, 6.07) is 14.8. The molecule has 0 bridgehead atoms. The maximum atomic E-state index is 13.0. The van der Waals surface area contributed by atoms with Gasteiger partial charge in [0.05, 0.1) is 12.1 Å². The highest BCUT2D eigenvalue weighted by Gasteiger charge is 2.22. The Morgan fingerprint density at radius 3 is 2.53 bits per heavy atom. The Bertz CT molecular complexity index is 1030. The average molecular weight is 425 g/mol. The Morgan fingerprint density at radius 1 is 1.03 bits per heavy atom. The predicted octanol–water partition coefficient (Wildman–Crippen LogP) is 3.62. The Balaban J connectivity index is 1.51. The summed E-state index contributed by atoms with van der Waals surface area (Å²) >= 11 is 1.53. The second kappa shape index (κ2) is 8.87. The molecule has 154 valence electrons. The van der Waals surface area contributed by atoms with Crippen molar-refractivity contribution in [3.05, 3.63) is 70.4 Å². The number of amides is 1. The zero-order chi connectivity index (χ0) is 20.9. The van der Waals surface area contributed by atoms with Crippen molar-refractivity contribution < 1.29 is 28.9 Å². The highest BCUT2D eigenvalue weighted by Crippen LogP contribution is 2.34. The van der Waals surface area contributed by atoms with Crippen molar-refractivity contribution in [3.8, 4) is 17.2 Å². The number of hydrogen-bond acceptors (Lipinski definition) is 7. The molecule has 0 fully saturated rings. The van der Waals surface area contributed by atoms with E-state index < -0.39 is 12.6 Å². The fourth-order valence-electron chi connectivity index (χ4n) is 2.97. The Hall–Kier alpha value is -3.52. The van der Waals surface area contributed by atoms with Gasteiger partial charge >= 0.3 is 5.97 Å². The van der Waals surface area contributed by atoms with Crippen LogP contribution >= 0.6 is 11.3 Å². The van der Waals surface area contributed by atoms with Crippen LogP contribution in [0.5, 0.6) is 17.2 Å². The van der Waals surface area contributed by atoms with Crippen LogP contribution in [0.1, 0.15) is 15.2 Å². The van der Waals surface area contributed by atoms with Gasteiger partial charge in [-0.2, -0.15) is 0 Å². The van der Waals surface area contributed by atoms with Crippen molar-refractivity contribution in [2.75, 3.05) is 24.7 Å². The van der Waals surface area contributed by atoms with Crippen LogP contribution in [0.3, 0.4) is 0 Å². The van der Waals surface area contributed by atoms with Crippen LogP contribution in [0.15, 0.2) is 60.0 Å². The number of nitrogens with zero attached hydrogens (tertiary/aromatic N) is 1. The number of anilines is 1. The lowest BCUT2D eigenvalue weighted by atomic mass is 10.2. The van der Waals surface area contributed by atoms with E-state index in [2.05, 4.69) is 0 Å². The lowest BCUT2D eigenvalue weighted by Gasteiger charge is -2.25. The van der Waals surface area contributed by atoms with Crippen LogP contribution < -0.4 is 14.4 Å². The first kappa shape index (κ1) is 19.8. The number of fused-ring (bicyclic) bond motifs is 1. The van der Waals surface area contributed by atoms with E-state index in [9.17, 15) is 14.7 Å². The zero-order valence-electron chi connectivity index (χ0n) is 15.9. The molecule has 1 aliphatic heterocycles. The number of thiophene rings is 1. The third-order valence-corrected chi connectivity index (χ3v) is 5.32. The van der Waals surface area contributed by atoms with Gasteiger partial charge in [-0.3, -0.25) is 4.79 Å². The van der Waals surface area contributed by atoms with Gasteiger partial charge in [0, 0.05) is 16.6 Å². The number of ether oxygens (including phenoxy) is 3. The van der Waals surface area contributed by atoms with E-state index >= 15 is 0 Å². The standard InChI is InChI=1S/C22H19NO6S/c24-17-6-3-15(4-7-17)22(26)29-14-21(25)23(13-18-2-1-11-30-18)16-5-8-19-20(12-16)28-10-9-27-19/h1-8,11-12,24H,9-10,13-14H2. The molecule has 30 heavy (non-hydrogen) atoms. The smallest absolute Gasteiger partial charge is 0.338 e. The van der Waals surface area contributed by atoms with Gasteiger partial charge in [-0.25, -0.2) is 4.79 Å². The van der Waals surface area contributed by atoms with Gasteiger partial charge in [0.15, 0.2) is 18.1 Å². The normalized spacial score (nSPS) is 12.3. The summed E-state index contributed by atoms with van der Waals surface area (Å²) in [6.45, 7) is 0.851. The molecule has 2 aromatic carbocycles. The van der Waals surface area contributed by atoms with Gasteiger partial charge in [-0.05, 0) is 47.8 Å². The molecule has 0 saturated carbocycles. The van der Waals surface area contributed by atoms with Crippen molar-refractivity contribution in [3.63, 3.8) is 0 Å². The van der Waals surface area contributed by atoms with Crippen LogP contribution in [0, 0.1) is 0 Å². The van der Waals surface area contributed by atoms with Crippen LogP contribution in [0.4, 0.5) is 5.69 Å². The highest BCUT2D eigenvalue weighted by atomic mass is 32.1. The van der Waals surface area contributed by atoms with Crippen LogP contribution in [0.25, 0.3) is 0 Å². The van der Waals surface area contributed by atoms with Gasteiger partial charge in [0.2, 0.25) is 0 Å². The molecule has 0 radical (unpaired) electrons. The van der Waals surface area contributed by atoms with Crippen molar-refractivity contribution in [1.82, 2.24) is 0 Å². The van der Waals surface area contributed by atoms with E-state index in [0.29, 0.717) is 36.9 Å². The van der Waals surface area contributed by atoms with Gasteiger partial charge < -0.3 is 24.2 Å². The first-order valence-corrected chi connectivity index (χ1v) is 10.2. The van der Waals surface area contributed by atoms with Crippen molar-refractivity contribution >= 4 is 28.9 Å². The number of carbonyl (C=O) groups is 2. The van der Waals surface area contributed by atoms with Gasteiger partial charge in [-0.1, -0.05) is 6.07 Å². The van der Waals surface area contributed by atoms with Crippen molar-refractivity contribution in [1.29, 1.82) is 0 Å². The van der Waals surface area contributed by atoms with E-state index in [4.69, 9.17) is 14.2 Å². The zero-order valence-corrected chi connectivity index (χ0v) is 16.8. The molecular weight excluding hydrogens is 406 g/mol. The van der Waals surface area contributed by atoms with Crippen LogP contribution in [0.2, 0.25) is 0 Å². The molecule has 0 aliphatic carbocycles. The molecular formula is C22H19NO6S. The molecule has 0 saturated heterocycles. The maximum Gasteiger partial charge on any atom is 0.338 e. The number of esters is 1. The lowest BCUT2D eigenvalue weighted by Crippen LogP contribution is -2.34. The molecule has 1 amide bonds. The minimum Gasteiger partial charge on any atom is -0.508 e. The molecule has 0 spiro atoms. The molecule has 1 aromatic heterocycles. The van der Waals surface area contributed by atoms with E-state index in [0.717, 1.165) is 4.88 Å². The number of aromatic hydroxyl groups is 1. The highest BCUT2D eigenvalue weighted by molar-refractivity contribution is 7.09. The maximum absolute atomic E-state index is 13.0. The summed E-state index contributed by atoms with van der Waals surface area (Å²) in [6.07, 6.45) is 0. The molecule has 7 nitrogen and oxygen atoms in total. The van der Waals surface area contributed by atoms with E-state index in [-0.39, 0.29) is 17.2 Å². The molecule has 0 atom stereocenters. The summed E-state index contributed by atoms with van der Waals surface area (Å²) in [5.74, 6) is 0.244. The predicted molar refractivity (Wildman–Crippen MR) is 111 cm³/mol. The fourth-order valence-corrected chi connectivity index (χ4v) is 3.66. The average Bonchev–Trinajstić information content (AvgIpc) is 3.29. The topological polar surface area (TPSA) is 85.3 Å². The minimum absolute atomic E-state index is 0.0448. The number of carbonyl (C=O) groups excluding carboxylic acids is 2. The Labute approximate surface area is 177 Å². The molecule has 0 unspecified atom stereocenters. The number of benzene rings is 2. The Morgan fingerprint density at radius 2 is 1.80 bits per heavy atom. The van der Waals surface area contributed by atoms with Crippen LogP contribution in [-0.4, -0.2) is 36.8 Å². The fraction of sp³-hybridized carbons (Fsp3) is 0.182. The van der Waals surface area contributed by atoms with Gasteiger partial charge in [-0.15, -0.1) is 11.3 Å². The van der Waals surface area contributed by atoms with Gasteiger partial charge in [0.25, 0.3) is 5.91 Å². The molecule has 3 aromatic rings. The largest absolute Gasteiger partial charge is 0.508 e. The van der Waals surface area contributed by atoms with E-state index in [1.165, 1.54) is 35.6 Å². The van der Waals surface area contributed by atoms with Crippen molar-refractivity contribution in [2.24, 2.45) is 0 Å². The molecule has 2 heterocycles. The lowest BCUT2D eigenvalue weighted by molar-refractivity contribution is -0.121. The monoisotopic (exact) mass is 425 g/mol. The third kappa shape index (κ3) is 4.55. The SMILES string of the molecule is O=C(OCC(=O)N(Cc1cccs1)c1ccc2c(c1)OCCO2)c1ccc(O)cc1. The second-order valence-corrected chi connectivity index (χ2v) is 7.54. The third-order valence-electron chi connectivity index (χ3n) is 4.46. The van der Waals surface area contributed by atoms with Gasteiger partial charge in [0.1, 0.15) is 19.0 Å². The summed E-state index contributed by atoms with van der Waals surface area (Å²) < 4.78 is 16.4. The summed E-state index contributed by atoms with van der Waals surface area (Å²) in [5, 5.41) is 11.3. The number of phenolic OH excluding ortho intramolecular Hbond substituents is 1. The quantitative estimate of drug-likeness (QED) is 0.608. The number of phenols is 1. The first-order valence-electron chi connectivity index (χ1n) is 9.29. The number of hydrogen-bond donors (Lipinski definition) is 1. The summed E-state index contributed by atoms with van der Waals surface area (Å²) in [5.41, 5.74) is 0.878. The molecule has 8 heteroatoms.